The van der Waals surface area contributed by atoms with Gasteiger partial charge in [0.1, 0.15) is 11.6 Å². The topological polar surface area (TPSA) is 41.9 Å². The molecule has 0 bridgehead atoms. The number of nitrogens with zero attached hydrogens (tertiary/aromatic N) is 2. The normalized spacial score (nSPS) is 21.9. The Morgan fingerprint density at radius 3 is 2.70 bits per heavy atom. The van der Waals surface area contributed by atoms with E-state index in [-0.39, 0.29) is 23.5 Å². The number of amides is 1. The van der Waals surface area contributed by atoms with Gasteiger partial charge < -0.3 is 9.74 Å². The zero-order valence-electron chi connectivity index (χ0n) is 14.8. The molecule has 2 atom stereocenters. The molecule has 1 fully saturated rings. The molecule has 2 aliphatic rings. The van der Waals surface area contributed by atoms with Crippen LogP contribution in [0, 0.1) is 11.6 Å². The fourth-order valence-electron chi connectivity index (χ4n) is 3.73. The molecule has 6 heteroatoms. The molecule has 0 radical (unpaired) electrons. The first-order chi connectivity index (χ1) is 13.1. The van der Waals surface area contributed by atoms with Crippen molar-refractivity contribution in [2.45, 2.75) is 31.3 Å². The number of halogens is 2. The van der Waals surface area contributed by atoms with E-state index < -0.39 is 6.10 Å². The largest absolute Gasteiger partial charge is 0.382 e. The van der Waals surface area contributed by atoms with Gasteiger partial charge in [0.15, 0.2) is 0 Å². The molecular weight excluding hydrogens is 350 g/mol. The highest BCUT2D eigenvalue weighted by Gasteiger charge is 2.36. The number of likely N-dealkylation sites (tertiary alicyclic amines) is 1. The fraction of sp³-hybridized carbons (Fsp3) is 0.333. The van der Waals surface area contributed by atoms with Crippen molar-refractivity contribution in [3.8, 4) is 0 Å². The van der Waals surface area contributed by atoms with Gasteiger partial charge >= 0.3 is 0 Å². The zero-order valence-corrected chi connectivity index (χ0v) is 14.8. The summed E-state index contributed by atoms with van der Waals surface area (Å²) in [6.07, 6.45) is 1.07. The lowest BCUT2D eigenvalue weighted by Gasteiger charge is -2.19. The predicted molar refractivity (Wildman–Crippen MR) is 97.4 cm³/mol. The minimum Gasteiger partial charge on any atom is -0.382 e. The van der Waals surface area contributed by atoms with Gasteiger partial charge in [-0.3, -0.25) is 4.79 Å². The molecule has 0 aliphatic carbocycles. The maximum absolute atomic E-state index is 14.0. The van der Waals surface area contributed by atoms with Crippen LogP contribution in [0.5, 0.6) is 0 Å². The van der Waals surface area contributed by atoms with Gasteiger partial charge in [-0.05, 0) is 35.7 Å². The van der Waals surface area contributed by atoms with Gasteiger partial charge in [-0.25, -0.2) is 8.78 Å². The van der Waals surface area contributed by atoms with E-state index in [0.717, 1.165) is 17.7 Å². The van der Waals surface area contributed by atoms with Crippen LogP contribution < -0.4 is 0 Å². The van der Waals surface area contributed by atoms with E-state index in [1.807, 2.05) is 6.07 Å². The molecule has 1 amide bonds. The van der Waals surface area contributed by atoms with Crippen LogP contribution in [0.15, 0.2) is 53.7 Å². The van der Waals surface area contributed by atoms with Crippen molar-refractivity contribution >= 4 is 11.6 Å². The summed E-state index contributed by atoms with van der Waals surface area (Å²) in [4.78, 5) is 19.8. The molecule has 0 unspecified atom stereocenters. The standard InChI is InChI=1S/C21H20F2N2O2/c22-16-7-5-14(6-8-16)11-17-12-20(27-24-17)21(26)25-10-9-15(13-25)18-3-1-2-4-19(18)23/h1-8,15,20H,9-13H2/t15-,20+/m0/s1. The van der Waals surface area contributed by atoms with E-state index in [4.69, 9.17) is 4.84 Å². The van der Waals surface area contributed by atoms with Gasteiger partial charge in [-0.2, -0.15) is 0 Å². The molecule has 140 valence electrons. The van der Waals surface area contributed by atoms with E-state index in [9.17, 15) is 13.6 Å². The molecule has 4 rings (SSSR count). The van der Waals surface area contributed by atoms with Crippen LogP contribution in [0.25, 0.3) is 0 Å². The van der Waals surface area contributed by atoms with E-state index in [0.29, 0.717) is 31.5 Å². The SMILES string of the molecule is O=C([C@H]1CC(Cc2ccc(F)cc2)=NO1)N1CC[C@H](c2ccccc2F)C1. The molecule has 2 aromatic carbocycles. The predicted octanol–water partition coefficient (Wildman–Crippen LogP) is 3.67. The van der Waals surface area contributed by atoms with Crippen LogP contribution in [0.1, 0.15) is 29.9 Å². The van der Waals surface area contributed by atoms with Crippen LogP contribution in [0.2, 0.25) is 0 Å². The van der Waals surface area contributed by atoms with Gasteiger partial charge in [-0.1, -0.05) is 35.5 Å². The molecule has 2 aromatic rings. The third-order valence-electron chi connectivity index (χ3n) is 5.17. The fourth-order valence-corrected chi connectivity index (χ4v) is 3.73. The van der Waals surface area contributed by atoms with Crippen molar-refractivity contribution in [2.24, 2.45) is 5.16 Å². The molecule has 2 heterocycles. The lowest BCUT2D eigenvalue weighted by Crippen LogP contribution is -2.37. The Labute approximate surface area is 156 Å². The highest BCUT2D eigenvalue weighted by molar-refractivity contribution is 5.94. The quantitative estimate of drug-likeness (QED) is 0.824. The van der Waals surface area contributed by atoms with E-state index >= 15 is 0 Å². The van der Waals surface area contributed by atoms with Gasteiger partial charge in [0.05, 0.1) is 5.71 Å². The van der Waals surface area contributed by atoms with Gasteiger partial charge in [0, 0.05) is 31.8 Å². The first-order valence-corrected chi connectivity index (χ1v) is 9.09. The monoisotopic (exact) mass is 370 g/mol. The summed E-state index contributed by atoms with van der Waals surface area (Å²) in [5.74, 6) is -0.600. The molecule has 4 nitrogen and oxygen atoms in total. The number of carbonyl (C=O) groups is 1. The first kappa shape index (κ1) is 17.6. The Hall–Kier alpha value is -2.76. The second-order valence-corrected chi connectivity index (χ2v) is 7.05. The van der Waals surface area contributed by atoms with E-state index in [2.05, 4.69) is 5.16 Å². The van der Waals surface area contributed by atoms with Crippen LogP contribution in [-0.4, -0.2) is 35.7 Å². The summed E-state index contributed by atoms with van der Waals surface area (Å²) in [7, 11) is 0. The van der Waals surface area contributed by atoms with Crippen molar-refractivity contribution in [2.75, 3.05) is 13.1 Å². The smallest absolute Gasteiger partial charge is 0.266 e. The Bertz CT molecular complexity index is 867. The highest BCUT2D eigenvalue weighted by atomic mass is 19.1. The Morgan fingerprint density at radius 1 is 1.15 bits per heavy atom. The third kappa shape index (κ3) is 3.84. The van der Waals surface area contributed by atoms with Crippen molar-refractivity contribution in [1.82, 2.24) is 4.90 Å². The molecule has 0 N–H and O–H groups in total. The number of rotatable bonds is 4. The summed E-state index contributed by atoms with van der Waals surface area (Å²) in [5, 5.41) is 4.03. The zero-order chi connectivity index (χ0) is 18.8. The molecule has 2 aliphatic heterocycles. The minimum atomic E-state index is -0.625. The number of benzene rings is 2. The van der Waals surface area contributed by atoms with Gasteiger partial charge in [0.2, 0.25) is 6.10 Å². The number of hydrogen-bond acceptors (Lipinski definition) is 3. The highest BCUT2D eigenvalue weighted by Crippen LogP contribution is 2.30. The summed E-state index contributed by atoms with van der Waals surface area (Å²) in [6.45, 7) is 1.08. The van der Waals surface area contributed by atoms with Crippen LogP contribution in [0.4, 0.5) is 8.78 Å². The number of carbonyl (C=O) groups excluding carboxylic acids is 1. The summed E-state index contributed by atoms with van der Waals surface area (Å²) in [6, 6.07) is 12.9. The Kier molecular flexibility index (Phi) is 4.88. The molecule has 0 spiro atoms. The first-order valence-electron chi connectivity index (χ1n) is 9.09. The summed E-state index contributed by atoms with van der Waals surface area (Å²) < 4.78 is 27.0. The lowest BCUT2D eigenvalue weighted by atomic mass is 9.98. The molecule has 1 saturated heterocycles. The molecular formula is C21H20F2N2O2. The van der Waals surface area contributed by atoms with Crippen LogP contribution in [-0.2, 0) is 16.1 Å². The summed E-state index contributed by atoms with van der Waals surface area (Å²) >= 11 is 0. The van der Waals surface area contributed by atoms with Crippen molar-refractivity contribution in [3.05, 3.63) is 71.3 Å². The van der Waals surface area contributed by atoms with Gasteiger partial charge in [-0.15, -0.1) is 0 Å². The van der Waals surface area contributed by atoms with Crippen LogP contribution in [0.3, 0.4) is 0 Å². The average Bonchev–Trinajstić information content (AvgIpc) is 3.33. The third-order valence-corrected chi connectivity index (χ3v) is 5.17. The number of oxime groups is 1. The second-order valence-electron chi connectivity index (χ2n) is 7.05. The summed E-state index contributed by atoms with van der Waals surface area (Å²) in [5.41, 5.74) is 2.35. The van der Waals surface area contributed by atoms with Crippen molar-refractivity contribution in [1.29, 1.82) is 0 Å². The van der Waals surface area contributed by atoms with Crippen molar-refractivity contribution in [3.63, 3.8) is 0 Å². The maximum Gasteiger partial charge on any atom is 0.266 e. The van der Waals surface area contributed by atoms with E-state index in [1.54, 1.807) is 29.2 Å². The van der Waals surface area contributed by atoms with Crippen LogP contribution >= 0.6 is 0 Å². The minimum absolute atomic E-state index is 0.0103. The average molecular weight is 370 g/mol. The Morgan fingerprint density at radius 2 is 1.93 bits per heavy atom. The lowest BCUT2D eigenvalue weighted by molar-refractivity contribution is -0.141. The maximum atomic E-state index is 14.0. The van der Waals surface area contributed by atoms with E-state index in [1.165, 1.54) is 18.2 Å². The number of hydrogen-bond donors (Lipinski definition) is 0. The van der Waals surface area contributed by atoms with Gasteiger partial charge in [0.25, 0.3) is 5.91 Å². The molecule has 0 aromatic heterocycles. The second kappa shape index (κ2) is 7.47. The molecule has 0 saturated carbocycles. The Balaban J connectivity index is 1.33. The van der Waals surface area contributed by atoms with Crippen molar-refractivity contribution < 1.29 is 18.4 Å². The molecule has 27 heavy (non-hydrogen) atoms.